The Bertz CT molecular complexity index is 13.7. The Morgan fingerprint density at radius 1 is 0.300 bits per heavy atom. The van der Waals surface area contributed by atoms with Crippen molar-refractivity contribution in [1.29, 1.82) is 0 Å². The van der Waals surface area contributed by atoms with Crippen molar-refractivity contribution in [1.82, 2.24) is 0 Å². The average Bonchev–Trinajstić information content (AvgIpc) is 0. The van der Waals surface area contributed by atoms with Crippen LogP contribution in [0.2, 0.25) is 0 Å². The molecule has 80 valence electrons. The minimum absolute atomic E-state index is 0. The molecule has 10 heavy (non-hydrogen) atoms. The van der Waals surface area contributed by atoms with Crippen molar-refractivity contribution in [3.63, 3.8) is 0 Å². The first kappa shape index (κ1) is 1620. The smallest absolute Gasteiger partial charge is 0 e. The van der Waals surface area contributed by atoms with E-state index in [1.807, 2.05) is 0 Å². The molecule has 0 amide bonds. The largest absolute Gasteiger partial charge is 0.412 e. The molecule has 0 spiro atoms. The molecule has 0 aliphatic rings. The summed E-state index contributed by atoms with van der Waals surface area (Å²) in [7, 11) is 0. The minimum Gasteiger partial charge on any atom is -0.412 e. The van der Waals surface area contributed by atoms with E-state index < -0.39 is 0 Å². The van der Waals surface area contributed by atoms with E-state index in [1.54, 1.807) is 0 Å². The standard InChI is InChI=1S/2CH4.2Fe.6H2O/h2*1H4;;;6*1H2. The van der Waals surface area contributed by atoms with Crippen LogP contribution in [0.5, 0.6) is 0 Å². The van der Waals surface area contributed by atoms with Crippen LogP contribution in [-0.2, 0) is 34.1 Å². The van der Waals surface area contributed by atoms with Gasteiger partial charge in [0.25, 0.3) is 0 Å². The van der Waals surface area contributed by atoms with Gasteiger partial charge in [-0.15, -0.1) is 0 Å². The molecule has 0 unspecified atom stereocenters. The van der Waals surface area contributed by atoms with Gasteiger partial charge in [-0.2, -0.15) is 0 Å². The Balaban J connectivity index is 0. The fourth-order valence-corrected chi connectivity index (χ4v) is 0. The molecule has 0 saturated heterocycles. The van der Waals surface area contributed by atoms with Crippen LogP contribution in [0.4, 0.5) is 0 Å². The van der Waals surface area contributed by atoms with Gasteiger partial charge in [-0.1, -0.05) is 14.9 Å². The number of hydrogen-bond acceptors (Lipinski definition) is 0. The Morgan fingerprint density at radius 2 is 0.300 bits per heavy atom. The molecule has 0 rings (SSSR count). The molecule has 6 nitrogen and oxygen atoms in total. The second kappa shape index (κ2) is 1190. The van der Waals surface area contributed by atoms with Crippen LogP contribution in [0.15, 0.2) is 0 Å². The van der Waals surface area contributed by atoms with Crippen LogP contribution in [0.25, 0.3) is 0 Å². The SMILES string of the molecule is C.C.O.O.O.O.O.O.[Fe].[Fe]. The zero-order valence-electron chi connectivity index (χ0n) is 3.71. The maximum absolute atomic E-state index is 0. The summed E-state index contributed by atoms with van der Waals surface area (Å²) in [5.41, 5.74) is 0. The maximum Gasteiger partial charge on any atom is 0 e. The molecule has 0 aliphatic heterocycles. The maximum atomic E-state index is 0. The van der Waals surface area contributed by atoms with Gasteiger partial charge in [0.05, 0.1) is 0 Å². The van der Waals surface area contributed by atoms with Crippen molar-refractivity contribution in [3.8, 4) is 0 Å². The second-order valence-electron chi connectivity index (χ2n) is 0. The molecule has 12 N–H and O–H groups in total. The van der Waals surface area contributed by atoms with Crippen molar-refractivity contribution in [2.75, 3.05) is 0 Å². The molecule has 0 heterocycles. The van der Waals surface area contributed by atoms with Crippen LogP contribution in [0.3, 0.4) is 0 Å². The van der Waals surface area contributed by atoms with Gasteiger partial charge >= 0.3 is 0 Å². The number of hydrogen-bond donors (Lipinski definition) is 0. The first-order chi connectivity index (χ1) is 0. The van der Waals surface area contributed by atoms with Crippen molar-refractivity contribution < 1.29 is 67.0 Å². The molecule has 8 heteroatoms. The third-order valence-electron chi connectivity index (χ3n) is 0. The molecule has 0 aliphatic carbocycles. The first-order valence-electron chi connectivity index (χ1n) is 0. The van der Waals surface area contributed by atoms with E-state index in [-0.39, 0.29) is 81.8 Å². The summed E-state index contributed by atoms with van der Waals surface area (Å²) in [6, 6.07) is 0. The van der Waals surface area contributed by atoms with Crippen LogP contribution in [-0.4, -0.2) is 32.9 Å². The van der Waals surface area contributed by atoms with Crippen LogP contribution >= 0.6 is 0 Å². The van der Waals surface area contributed by atoms with E-state index >= 15 is 0 Å². The molecular formula is C2H20Fe2O6. The summed E-state index contributed by atoms with van der Waals surface area (Å²) < 4.78 is 0. The van der Waals surface area contributed by atoms with Crippen LogP contribution in [0.1, 0.15) is 14.9 Å². The van der Waals surface area contributed by atoms with Crippen LogP contribution < -0.4 is 0 Å². The molecular weight excluding hydrogens is 232 g/mol. The Labute approximate surface area is 82.2 Å². The molecule has 0 saturated carbocycles. The molecule has 0 aromatic rings. The second-order valence-corrected chi connectivity index (χ2v) is 0. The Hall–Kier alpha value is 0.799. The summed E-state index contributed by atoms with van der Waals surface area (Å²) in [6.07, 6.45) is 0. The Kier molecular flexibility index (Phi) is 193000. The van der Waals surface area contributed by atoms with Crippen molar-refractivity contribution >= 4 is 0 Å². The fraction of sp³-hybridized carbons (Fsp3) is 1.00. The first-order valence-corrected chi connectivity index (χ1v) is 0. The normalized spacial score (nSPS) is 0. The van der Waals surface area contributed by atoms with E-state index in [4.69, 9.17) is 0 Å². The van der Waals surface area contributed by atoms with Crippen molar-refractivity contribution in [2.45, 2.75) is 14.9 Å². The predicted octanol–water partition coefficient (Wildman–Crippen LogP) is -3.68. The third-order valence-corrected chi connectivity index (χ3v) is 0. The monoisotopic (exact) mass is 252 g/mol. The van der Waals surface area contributed by atoms with Gasteiger partial charge in [0, 0.05) is 34.1 Å². The zero-order valence-corrected chi connectivity index (χ0v) is 5.92. The average molecular weight is 252 g/mol. The van der Waals surface area contributed by atoms with E-state index in [9.17, 15) is 0 Å². The van der Waals surface area contributed by atoms with E-state index in [2.05, 4.69) is 0 Å². The number of rotatable bonds is 0. The topological polar surface area (TPSA) is 189 Å². The molecule has 0 aromatic carbocycles. The third kappa shape index (κ3) is 838. The van der Waals surface area contributed by atoms with Gasteiger partial charge in [0.15, 0.2) is 0 Å². The fourth-order valence-electron chi connectivity index (χ4n) is 0. The summed E-state index contributed by atoms with van der Waals surface area (Å²) in [6.45, 7) is 0. The molecule has 0 atom stereocenters. The molecule has 0 fully saturated rings. The minimum atomic E-state index is 0. The summed E-state index contributed by atoms with van der Waals surface area (Å²) in [5.74, 6) is 0. The van der Waals surface area contributed by atoms with E-state index in [0.29, 0.717) is 0 Å². The van der Waals surface area contributed by atoms with Crippen molar-refractivity contribution in [2.24, 2.45) is 0 Å². The van der Waals surface area contributed by atoms with Gasteiger partial charge in [0.1, 0.15) is 0 Å². The van der Waals surface area contributed by atoms with Crippen molar-refractivity contribution in [3.05, 3.63) is 0 Å². The Morgan fingerprint density at radius 3 is 0.300 bits per heavy atom. The summed E-state index contributed by atoms with van der Waals surface area (Å²) in [5, 5.41) is 0. The van der Waals surface area contributed by atoms with Gasteiger partial charge < -0.3 is 32.9 Å². The van der Waals surface area contributed by atoms with Gasteiger partial charge in [0.2, 0.25) is 0 Å². The van der Waals surface area contributed by atoms with Gasteiger partial charge in [-0.3, -0.25) is 0 Å². The summed E-state index contributed by atoms with van der Waals surface area (Å²) >= 11 is 0. The van der Waals surface area contributed by atoms with E-state index in [0.717, 1.165) is 0 Å². The van der Waals surface area contributed by atoms with E-state index in [1.165, 1.54) is 0 Å². The molecule has 0 bridgehead atoms. The predicted molar refractivity (Wildman–Crippen MR) is 35.1 cm³/mol. The molecule has 0 aromatic heterocycles. The van der Waals surface area contributed by atoms with Gasteiger partial charge in [-0.25, -0.2) is 0 Å². The zero-order chi connectivity index (χ0) is 0. The molecule has 0 radical (unpaired) electrons. The summed E-state index contributed by atoms with van der Waals surface area (Å²) in [4.78, 5) is 0. The van der Waals surface area contributed by atoms with Gasteiger partial charge in [-0.05, 0) is 0 Å². The quantitative estimate of drug-likeness (QED) is 0.384. The van der Waals surface area contributed by atoms with Crippen LogP contribution in [0, 0.1) is 0 Å².